The van der Waals surface area contributed by atoms with Crippen LogP contribution in [0.1, 0.15) is 51.4 Å². The number of hydrogen-bond acceptors (Lipinski definition) is 3. The number of carbonyl (C=O) groups is 1. The highest BCUT2D eigenvalue weighted by Crippen LogP contribution is 2.32. The van der Waals surface area contributed by atoms with E-state index in [2.05, 4.69) is 5.32 Å². The monoisotopic (exact) mass is 225 g/mol. The summed E-state index contributed by atoms with van der Waals surface area (Å²) in [7, 11) is 0. The second-order valence-electron chi connectivity index (χ2n) is 5.57. The Bertz CT molecular complexity index is 255. The molecule has 0 heterocycles. The molecule has 0 atom stereocenters. The largest absolute Gasteiger partial charge is 0.353 e. The summed E-state index contributed by atoms with van der Waals surface area (Å²) in [4.78, 5) is 11.8. The zero-order valence-electron chi connectivity index (χ0n) is 9.87. The van der Waals surface area contributed by atoms with Crippen LogP contribution in [0.3, 0.4) is 0 Å². The fourth-order valence-corrected chi connectivity index (χ4v) is 2.67. The molecule has 0 radical (unpaired) electrons. The molecular weight excluding hydrogens is 202 g/mol. The van der Waals surface area contributed by atoms with E-state index >= 15 is 0 Å². The summed E-state index contributed by atoms with van der Waals surface area (Å²) in [6.07, 6.45) is 7.75. The molecule has 0 aliphatic heterocycles. The molecule has 0 aromatic carbocycles. The maximum absolute atomic E-state index is 11.8. The maximum atomic E-state index is 11.8. The Morgan fingerprint density at radius 3 is 2.38 bits per heavy atom. The lowest BCUT2D eigenvalue weighted by atomic mass is 9.75. The SMILES string of the molecule is NC1CCC(NC(=O)CC2(N)CCC2)CC1. The van der Waals surface area contributed by atoms with Crippen LogP contribution in [0.25, 0.3) is 0 Å². The van der Waals surface area contributed by atoms with Crippen LogP contribution >= 0.6 is 0 Å². The molecule has 0 saturated heterocycles. The van der Waals surface area contributed by atoms with E-state index in [-0.39, 0.29) is 11.4 Å². The van der Waals surface area contributed by atoms with Gasteiger partial charge >= 0.3 is 0 Å². The highest BCUT2D eigenvalue weighted by Gasteiger charge is 2.35. The van der Waals surface area contributed by atoms with E-state index < -0.39 is 0 Å². The summed E-state index contributed by atoms with van der Waals surface area (Å²) in [5, 5.41) is 3.09. The van der Waals surface area contributed by atoms with Crippen molar-refractivity contribution in [1.82, 2.24) is 5.32 Å². The second-order valence-corrected chi connectivity index (χ2v) is 5.57. The van der Waals surface area contributed by atoms with Crippen molar-refractivity contribution in [3.05, 3.63) is 0 Å². The molecular formula is C12H23N3O. The van der Waals surface area contributed by atoms with Crippen LogP contribution in [0, 0.1) is 0 Å². The summed E-state index contributed by atoms with van der Waals surface area (Å²) >= 11 is 0. The van der Waals surface area contributed by atoms with Crippen molar-refractivity contribution in [3.63, 3.8) is 0 Å². The van der Waals surface area contributed by atoms with Gasteiger partial charge in [0.05, 0.1) is 0 Å². The van der Waals surface area contributed by atoms with Gasteiger partial charge in [0, 0.05) is 24.0 Å². The topological polar surface area (TPSA) is 81.1 Å². The van der Waals surface area contributed by atoms with E-state index in [0.29, 0.717) is 18.5 Å². The Labute approximate surface area is 97.1 Å². The standard InChI is InChI=1S/C12H23N3O/c13-9-2-4-10(5-3-9)15-11(16)8-12(14)6-1-7-12/h9-10H,1-8,13-14H2,(H,15,16). The highest BCUT2D eigenvalue weighted by atomic mass is 16.1. The van der Waals surface area contributed by atoms with Gasteiger partial charge in [-0.15, -0.1) is 0 Å². The average Bonchev–Trinajstić information content (AvgIpc) is 2.19. The van der Waals surface area contributed by atoms with Gasteiger partial charge in [-0.05, 0) is 44.9 Å². The minimum atomic E-state index is -0.199. The molecule has 92 valence electrons. The molecule has 1 amide bonds. The first-order valence-electron chi connectivity index (χ1n) is 6.41. The lowest BCUT2D eigenvalue weighted by Gasteiger charge is -2.38. The van der Waals surface area contributed by atoms with Crippen LogP contribution in [-0.2, 0) is 4.79 Å². The van der Waals surface area contributed by atoms with E-state index in [0.717, 1.165) is 38.5 Å². The summed E-state index contributed by atoms with van der Waals surface area (Å²) in [5.74, 6) is 0.127. The zero-order valence-corrected chi connectivity index (χ0v) is 9.87. The molecule has 2 fully saturated rings. The first kappa shape index (κ1) is 11.9. The Morgan fingerprint density at radius 1 is 1.25 bits per heavy atom. The third-order valence-electron chi connectivity index (χ3n) is 4.00. The van der Waals surface area contributed by atoms with Gasteiger partial charge in [-0.3, -0.25) is 4.79 Å². The van der Waals surface area contributed by atoms with Crippen LogP contribution in [0.2, 0.25) is 0 Å². The molecule has 0 spiro atoms. The smallest absolute Gasteiger partial charge is 0.222 e. The Kier molecular flexibility index (Phi) is 3.50. The molecule has 4 heteroatoms. The lowest BCUT2D eigenvalue weighted by Crippen LogP contribution is -2.51. The van der Waals surface area contributed by atoms with Gasteiger partial charge in [-0.2, -0.15) is 0 Å². The Hall–Kier alpha value is -0.610. The van der Waals surface area contributed by atoms with E-state index in [1.165, 1.54) is 6.42 Å². The van der Waals surface area contributed by atoms with Gasteiger partial charge in [0.25, 0.3) is 0 Å². The minimum absolute atomic E-state index is 0.127. The predicted molar refractivity (Wildman–Crippen MR) is 63.8 cm³/mol. The second kappa shape index (κ2) is 4.72. The number of nitrogens with one attached hydrogen (secondary N) is 1. The van der Waals surface area contributed by atoms with Gasteiger partial charge in [-0.25, -0.2) is 0 Å². The molecule has 0 aromatic rings. The van der Waals surface area contributed by atoms with E-state index in [1.54, 1.807) is 0 Å². The minimum Gasteiger partial charge on any atom is -0.353 e. The van der Waals surface area contributed by atoms with Gasteiger partial charge in [-0.1, -0.05) is 0 Å². The van der Waals surface area contributed by atoms with Crippen LogP contribution in [0.15, 0.2) is 0 Å². The van der Waals surface area contributed by atoms with Gasteiger partial charge in [0.2, 0.25) is 5.91 Å². The van der Waals surface area contributed by atoms with Crippen molar-refractivity contribution in [1.29, 1.82) is 0 Å². The fourth-order valence-electron chi connectivity index (χ4n) is 2.67. The normalized spacial score (nSPS) is 32.9. The summed E-state index contributed by atoms with van der Waals surface area (Å²) in [6.45, 7) is 0. The summed E-state index contributed by atoms with van der Waals surface area (Å²) in [5.41, 5.74) is 11.7. The number of amides is 1. The predicted octanol–water partition coefficient (Wildman–Crippen LogP) is 0.644. The molecule has 2 aliphatic carbocycles. The third-order valence-corrected chi connectivity index (χ3v) is 4.00. The van der Waals surface area contributed by atoms with Crippen molar-refractivity contribution in [2.24, 2.45) is 11.5 Å². The Balaban J connectivity index is 1.70. The molecule has 5 N–H and O–H groups in total. The first-order valence-corrected chi connectivity index (χ1v) is 6.41. The molecule has 4 nitrogen and oxygen atoms in total. The Morgan fingerprint density at radius 2 is 1.88 bits per heavy atom. The van der Waals surface area contributed by atoms with Gasteiger partial charge < -0.3 is 16.8 Å². The molecule has 0 unspecified atom stereocenters. The maximum Gasteiger partial charge on any atom is 0.222 e. The molecule has 0 aromatic heterocycles. The van der Waals surface area contributed by atoms with Gasteiger partial charge in [0.1, 0.15) is 0 Å². The van der Waals surface area contributed by atoms with E-state index in [1.807, 2.05) is 0 Å². The number of carbonyl (C=O) groups excluding carboxylic acids is 1. The van der Waals surface area contributed by atoms with Crippen molar-refractivity contribution < 1.29 is 4.79 Å². The van der Waals surface area contributed by atoms with E-state index in [9.17, 15) is 4.79 Å². The average molecular weight is 225 g/mol. The summed E-state index contributed by atoms with van der Waals surface area (Å²) < 4.78 is 0. The molecule has 16 heavy (non-hydrogen) atoms. The van der Waals surface area contributed by atoms with Crippen LogP contribution in [0.4, 0.5) is 0 Å². The number of hydrogen-bond donors (Lipinski definition) is 3. The highest BCUT2D eigenvalue weighted by molar-refractivity contribution is 5.77. The third kappa shape index (κ3) is 2.95. The molecule has 2 saturated carbocycles. The number of nitrogens with two attached hydrogens (primary N) is 2. The first-order chi connectivity index (χ1) is 7.57. The zero-order chi connectivity index (χ0) is 11.6. The molecule has 2 rings (SSSR count). The number of rotatable bonds is 3. The van der Waals surface area contributed by atoms with E-state index in [4.69, 9.17) is 11.5 Å². The van der Waals surface area contributed by atoms with Crippen LogP contribution in [0.5, 0.6) is 0 Å². The van der Waals surface area contributed by atoms with Crippen molar-refractivity contribution in [3.8, 4) is 0 Å². The van der Waals surface area contributed by atoms with Crippen LogP contribution in [-0.4, -0.2) is 23.5 Å². The quantitative estimate of drug-likeness (QED) is 0.659. The van der Waals surface area contributed by atoms with Crippen molar-refractivity contribution in [2.45, 2.75) is 69.0 Å². The van der Waals surface area contributed by atoms with Crippen LogP contribution < -0.4 is 16.8 Å². The van der Waals surface area contributed by atoms with Crippen molar-refractivity contribution >= 4 is 5.91 Å². The molecule has 0 bridgehead atoms. The lowest BCUT2D eigenvalue weighted by molar-refractivity contribution is -0.123. The molecule has 2 aliphatic rings. The fraction of sp³-hybridized carbons (Fsp3) is 0.917. The van der Waals surface area contributed by atoms with Crippen molar-refractivity contribution in [2.75, 3.05) is 0 Å². The van der Waals surface area contributed by atoms with Gasteiger partial charge in [0.15, 0.2) is 0 Å². The summed E-state index contributed by atoms with van der Waals surface area (Å²) in [6, 6.07) is 0.664.